The third-order valence-corrected chi connectivity index (χ3v) is 3.38. The number of nitrogens with zero attached hydrogens (tertiary/aromatic N) is 1. The van der Waals surface area contributed by atoms with Gasteiger partial charge in [0, 0.05) is 13.2 Å². The quantitative estimate of drug-likeness (QED) is 0.788. The molecule has 0 radical (unpaired) electrons. The van der Waals surface area contributed by atoms with Crippen LogP contribution in [-0.4, -0.2) is 32.3 Å². The van der Waals surface area contributed by atoms with E-state index in [2.05, 4.69) is 37.8 Å². The molecule has 1 aromatic rings. The minimum Gasteiger partial charge on any atom is -0.496 e. The molecule has 3 heteroatoms. The monoisotopic (exact) mass is 250 g/mol. The van der Waals surface area contributed by atoms with Crippen LogP contribution in [0.3, 0.4) is 0 Å². The molecule has 0 aliphatic carbocycles. The molecule has 0 aliphatic rings. The van der Waals surface area contributed by atoms with Crippen molar-refractivity contribution in [2.24, 2.45) is 5.73 Å². The third kappa shape index (κ3) is 3.72. The highest BCUT2D eigenvalue weighted by Crippen LogP contribution is 2.29. The molecule has 0 aliphatic heterocycles. The fourth-order valence-corrected chi connectivity index (χ4v) is 2.05. The minimum atomic E-state index is 0.478. The normalized spacial score (nSPS) is 11.3. The molecular formula is C15H26N2O. The maximum absolute atomic E-state index is 5.60. The minimum absolute atomic E-state index is 0.478. The first-order valence-electron chi connectivity index (χ1n) is 6.55. The summed E-state index contributed by atoms with van der Waals surface area (Å²) in [5, 5.41) is 0. The van der Waals surface area contributed by atoms with Crippen molar-refractivity contribution in [3.63, 3.8) is 0 Å². The van der Waals surface area contributed by atoms with E-state index in [4.69, 9.17) is 10.5 Å². The third-order valence-electron chi connectivity index (χ3n) is 3.38. The van der Waals surface area contributed by atoms with Crippen LogP contribution in [0, 0.1) is 6.92 Å². The van der Waals surface area contributed by atoms with Crippen molar-refractivity contribution in [3.05, 3.63) is 28.8 Å². The van der Waals surface area contributed by atoms with Gasteiger partial charge in [0.25, 0.3) is 0 Å². The van der Waals surface area contributed by atoms with E-state index in [1.54, 1.807) is 7.11 Å². The summed E-state index contributed by atoms with van der Waals surface area (Å²) in [6.07, 6.45) is 1.03. The van der Waals surface area contributed by atoms with Gasteiger partial charge in [0.2, 0.25) is 0 Å². The van der Waals surface area contributed by atoms with E-state index in [1.165, 1.54) is 16.7 Å². The van der Waals surface area contributed by atoms with Gasteiger partial charge in [0.15, 0.2) is 0 Å². The van der Waals surface area contributed by atoms with Crippen LogP contribution in [0.5, 0.6) is 5.75 Å². The van der Waals surface area contributed by atoms with Crippen molar-refractivity contribution in [2.45, 2.75) is 33.1 Å². The van der Waals surface area contributed by atoms with Crippen LogP contribution >= 0.6 is 0 Å². The Hall–Kier alpha value is -1.06. The van der Waals surface area contributed by atoms with Crippen LogP contribution in [-0.2, 0) is 6.42 Å². The molecule has 0 unspecified atom stereocenters. The molecule has 0 fully saturated rings. The first kappa shape index (κ1) is 15.0. The summed E-state index contributed by atoms with van der Waals surface area (Å²) < 4.78 is 5.46. The molecule has 18 heavy (non-hydrogen) atoms. The maximum Gasteiger partial charge on any atom is 0.122 e. The van der Waals surface area contributed by atoms with Crippen LogP contribution in [0.25, 0.3) is 0 Å². The Bertz CT molecular complexity index is 388. The van der Waals surface area contributed by atoms with Crippen LogP contribution in [0.15, 0.2) is 12.1 Å². The Morgan fingerprint density at radius 3 is 2.50 bits per heavy atom. The smallest absolute Gasteiger partial charge is 0.122 e. The zero-order valence-corrected chi connectivity index (χ0v) is 12.3. The number of nitrogens with two attached hydrogens (primary N) is 1. The lowest BCUT2D eigenvalue weighted by atomic mass is 9.95. The molecule has 0 bridgehead atoms. The number of benzene rings is 1. The Morgan fingerprint density at radius 1 is 1.33 bits per heavy atom. The number of likely N-dealkylation sites (N-methyl/N-ethyl adjacent to an activating group) is 1. The second-order valence-corrected chi connectivity index (χ2v) is 5.19. The van der Waals surface area contributed by atoms with E-state index in [-0.39, 0.29) is 0 Å². The lowest BCUT2D eigenvalue weighted by Crippen LogP contribution is -2.27. The topological polar surface area (TPSA) is 38.5 Å². The predicted octanol–water partition coefficient (Wildman–Crippen LogP) is 2.52. The molecule has 0 atom stereocenters. The summed E-state index contributed by atoms with van der Waals surface area (Å²) in [7, 11) is 3.78. The van der Waals surface area contributed by atoms with E-state index < -0.39 is 0 Å². The van der Waals surface area contributed by atoms with Crippen molar-refractivity contribution in [1.82, 2.24) is 4.90 Å². The van der Waals surface area contributed by atoms with Gasteiger partial charge in [-0.1, -0.05) is 19.9 Å². The van der Waals surface area contributed by atoms with Gasteiger partial charge in [-0.05, 0) is 49.1 Å². The molecule has 1 rings (SSSR count). The first-order chi connectivity index (χ1) is 8.49. The number of hydrogen-bond acceptors (Lipinski definition) is 3. The molecule has 102 valence electrons. The number of hydrogen-bond donors (Lipinski definition) is 1. The van der Waals surface area contributed by atoms with Crippen LogP contribution in [0.4, 0.5) is 0 Å². The van der Waals surface area contributed by atoms with E-state index in [0.29, 0.717) is 12.6 Å². The van der Waals surface area contributed by atoms with Crippen LogP contribution in [0.2, 0.25) is 0 Å². The van der Waals surface area contributed by atoms with E-state index in [9.17, 15) is 0 Å². The lowest BCUT2D eigenvalue weighted by molar-refractivity contribution is 0.348. The standard InChI is InChI=1S/C15H26N2O/c1-11(2)14-9-13(6-7-17(4)10-16)12(3)8-15(14)18-5/h8-9,11H,6-7,10,16H2,1-5H3. The highest BCUT2D eigenvalue weighted by Gasteiger charge is 2.11. The van der Waals surface area contributed by atoms with Gasteiger partial charge in [-0.3, -0.25) is 4.90 Å². The second-order valence-electron chi connectivity index (χ2n) is 5.19. The molecule has 1 aromatic carbocycles. The van der Waals surface area contributed by atoms with Gasteiger partial charge in [-0.15, -0.1) is 0 Å². The number of aryl methyl sites for hydroxylation is 1. The maximum atomic E-state index is 5.60. The Labute approximate surface area is 111 Å². The van der Waals surface area contributed by atoms with Crippen molar-refractivity contribution in [1.29, 1.82) is 0 Å². The van der Waals surface area contributed by atoms with E-state index in [0.717, 1.165) is 18.7 Å². The van der Waals surface area contributed by atoms with Crippen molar-refractivity contribution >= 4 is 0 Å². The molecule has 3 nitrogen and oxygen atoms in total. The Kier molecular flexibility index (Phi) is 5.63. The fraction of sp³-hybridized carbons (Fsp3) is 0.600. The molecule has 0 saturated heterocycles. The highest BCUT2D eigenvalue weighted by atomic mass is 16.5. The van der Waals surface area contributed by atoms with Gasteiger partial charge < -0.3 is 10.5 Å². The van der Waals surface area contributed by atoms with Crippen molar-refractivity contribution in [3.8, 4) is 5.75 Å². The molecule has 0 aromatic heterocycles. The Balaban J connectivity index is 2.95. The average Bonchev–Trinajstić information content (AvgIpc) is 2.35. The van der Waals surface area contributed by atoms with Gasteiger partial charge in [-0.2, -0.15) is 0 Å². The zero-order chi connectivity index (χ0) is 13.7. The number of rotatable bonds is 6. The van der Waals surface area contributed by atoms with Crippen LogP contribution < -0.4 is 10.5 Å². The Morgan fingerprint density at radius 2 is 2.00 bits per heavy atom. The summed E-state index contributed by atoms with van der Waals surface area (Å²) >= 11 is 0. The van der Waals surface area contributed by atoms with Crippen LogP contribution in [0.1, 0.15) is 36.5 Å². The molecule has 0 saturated carbocycles. The SMILES string of the molecule is COc1cc(C)c(CCN(C)CN)cc1C(C)C. The van der Waals surface area contributed by atoms with E-state index in [1.807, 2.05) is 7.05 Å². The second kappa shape index (κ2) is 6.76. The van der Waals surface area contributed by atoms with Gasteiger partial charge in [0.05, 0.1) is 7.11 Å². The van der Waals surface area contributed by atoms with Gasteiger partial charge in [-0.25, -0.2) is 0 Å². The molecule has 0 spiro atoms. The molecular weight excluding hydrogens is 224 g/mol. The average molecular weight is 250 g/mol. The number of ether oxygens (including phenoxy) is 1. The first-order valence-corrected chi connectivity index (χ1v) is 6.55. The summed E-state index contributed by atoms with van der Waals surface area (Å²) in [5.74, 6) is 1.48. The summed E-state index contributed by atoms with van der Waals surface area (Å²) in [6, 6.07) is 4.43. The number of methoxy groups -OCH3 is 1. The van der Waals surface area contributed by atoms with Crippen molar-refractivity contribution in [2.75, 3.05) is 27.4 Å². The molecule has 2 N–H and O–H groups in total. The van der Waals surface area contributed by atoms with Gasteiger partial charge in [0.1, 0.15) is 5.75 Å². The van der Waals surface area contributed by atoms with E-state index >= 15 is 0 Å². The fourth-order valence-electron chi connectivity index (χ4n) is 2.05. The molecule has 0 amide bonds. The zero-order valence-electron chi connectivity index (χ0n) is 12.3. The predicted molar refractivity (Wildman–Crippen MR) is 77.2 cm³/mol. The largest absolute Gasteiger partial charge is 0.496 e. The summed E-state index contributed by atoms with van der Waals surface area (Å²) in [6.45, 7) is 8.13. The summed E-state index contributed by atoms with van der Waals surface area (Å²) in [5.41, 5.74) is 9.57. The molecule has 0 heterocycles. The highest BCUT2D eigenvalue weighted by molar-refractivity contribution is 5.44. The summed E-state index contributed by atoms with van der Waals surface area (Å²) in [4.78, 5) is 2.12. The van der Waals surface area contributed by atoms with Gasteiger partial charge >= 0.3 is 0 Å². The van der Waals surface area contributed by atoms with Crippen molar-refractivity contribution < 1.29 is 4.74 Å². The lowest BCUT2D eigenvalue weighted by Gasteiger charge is -2.18.